The van der Waals surface area contributed by atoms with Gasteiger partial charge in [0.15, 0.2) is 0 Å². The predicted molar refractivity (Wildman–Crippen MR) is 72.2 cm³/mol. The normalized spacial score (nSPS) is 11.2. The molecule has 0 aliphatic heterocycles. The molecule has 0 spiro atoms. The van der Waals surface area contributed by atoms with E-state index in [-0.39, 0.29) is 0 Å². The molecule has 0 N–H and O–H groups in total. The molecule has 72 valence electrons. The standard InChI is InChI=1S/C12H10BPS/c13-14(15,11-7-3-1-4-8-11)12-9-5-2-6-10-12/h1-10H. The van der Waals surface area contributed by atoms with Crippen LogP contribution in [0.5, 0.6) is 0 Å². The van der Waals surface area contributed by atoms with Crippen molar-refractivity contribution in [3.05, 3.63) is 60.7 Å². The van der Waals surface area contributed by atoms with Gasteiger partial charge in [-0.2, -0.15) is 0 Å². The number of rotatable bonds is 2. The molecule has 0 fully saturated rings. The summed E-state index contributed by atoms with van der Waals surface area (Å²) < 4.78 is 0. The van der Waals surface area contributed by atoms with Gasteiger partial charge in [0.2, 0.25) is 0 Å². The summed E-state index contributed by atoms with van der Waals surface area (Å²) in [6.45, 7) is 0. The van der Waals surface area contributed by atoms with Crippen LogP contribution in [0.3, 0.4) is 0 Å². The quantitative estimate of drug-likeness (QED) is 0.560. The number of hydrogen-bond acceptors (Lipinski definition) is 1. The molecule has 2 rings (SSSR count). The molecule has 0 bridgehead atoms. The van der Waals surface area contributed by atoms with Crippen LogP contribution in [-0.2, 0) is 11.8 Å². The summed E-state index contributed by atoms with van der Waals surface area (Å²) in [6.07, 6.45) is 0. The summed E-state index contributed by atoms with van der Waals surface area (Å²) in [5.41, 5.74) is 0. The smallest absolute Gasteiger partial charge is 0.0991 e. The highest BCUT2D eigenvalue weighted by atomic mass is 32.4. The van der Waals surface area contributed by atoms with E-state index in [1.165, 1.54) is 0 Å². The van der Waals surface area contributed by atoms with Crippen molar-refractivity contribution in [2.45, 2.75) is 0 Å². The number of hydrogen-bond donors (Lipinski definition) is 0. The molecular formula is C12H10BPS. The zero-order valence-electron chi connectivity index (χ0n) is 8.21. The maximum Gasteiger partial charge on any atom is 0.136 e. The molecule has 2 aromatic carbocycles. The number of benzene rings is 2. The lowest BCUT2D eigenvalue weighted by atomic mass is 10.4. The van der Waals surface area contributed by atoms with Crippen LogP contribution in [0.4, 0.5) is 0 Å². The van der Waals surface area contributed by atoms with Crippen molar-refractivity contribution in [2.75, 3.05) is 0 Å². The van der Waals surface area contributed by atoms with Gasteiger partial charge in [0.25, 0.3) is 0 Å². The maximum atomic E-state index is 6.29. The Bertz CT molecular complexity index is 438. The molecule has 0 saturated heterocycles. The van der Waals surface area contributed by atoms with Crippen molar-refractivity contribution in [3.8, 4) is 0 Å². The molecule has 0 heterocycles. The third-order valence-corrected chi connectivity index (χ3v) is 5.68. The predicted octanol–water partition coefficient (Wildman–Crippen LogP) is 2.20. The van der Waals surface area contributed by atoms with Crippen molar-refractivity contribution in [1.29, 1.82) is 0 Å². The lowest BCUT2D eigenvalue weighted by Gasteiger charge is -2.18. The Balaban J connectivity index is 2.50. The maximum absolute atomic E-state index is 6.29. The zero-order valence-corrected chi connectivity index (χ0v) is 9.92. The molecule has 0 aliphatic carbocycles. The first kappa shape index (κ1) is 10.7. The van der Waals surface area contributed by atoms with Crippen LogP contribution in [0.2, 0.25) is 0 Å². The summed E-state index contributed by atoms with van der Waals surface area (Å²) in [5, 5.41) is 2.12. The summed E-state index contributed by atoms with van der Waals surface area (Å²) >= 11 is 5.57. The minimum Gasteiger partial charge on any atom is -0.0991 e. The topological polar surface area (TPSA) is 0 Å². The van der Waals surface area contributed by atoms with Gasteiger partial charge >= 0.3 is 0 Å². The fourth-order valence-corrected chi connectivity index (χ4v) is 3.71. The third kappa shape index (κ3) is 2.22. The molecule has 0 saturated carbocycles. The Labute approximate surface area is 96.7 Å². The van der Waals surface area contributed by atoms with E-state index in [9.17, 15) is 0 Å². The van der Waals surface area contributed by atoms with E-state index in [1.54, 1.807) is 0 Å². The van der Waals surface area contributed by atoms with E-state index in [0.717, 1.165) is 10.6 Å². The van der Waals surface area contributed by atoms with Crippen molar-refractivity contribution in [2.24, 2.45) is 0 Å². The minimum atomic E-state index is -2.06. The van der Waals surface area contributed by atoms with E-state index < -0.39 is 5.92 Å². The molecule has 0 unspecified atom stereocenters. The molecule has 0 aromatic heterocycles. The van der Waals surface area contributed by atoms with Crippen LogP contribution >= 0.6 is 5.92 Å². The van der Waals surface area contributed by atoms with Gasteiger partial charge in [-0.15, -0.1) is 0 Å². The molecule has 2 radical (unpaired) electrons. The van der Waals surface area contributed by atoms with E-state index in [2.05, 4.69) is 0 Å². The second kappa shape index (κ2) is 4.34. The lowest BCUT2D eigenvalue weighted by Crippen LogP contribution is -2.14. The molecular weight excluding hydrogens is 218 g/mol. The molecule has 0 amide bonds. The summed E-state index contributed by atoms with van der Waals surface area (Å²) in [5.74, 6) is -2.06. The Morgan fingerprint density at radius 3 is 1.40 bits per heavy atom. The average Bonchev–Trinajstić information content (AvgIpc) is 2.31. The van der Waals surface area contributed by atoms with Crippen molar-refractivity contribution in [1.82, 2.24) is 0 Å². The van der Waals surface area contributed by atoms with Gasteiger partial charge in [-0.1, -0.05) is 72.5 Å². The van der Waals surface area contributed by atoms with Gasteiger partial charge in [0.1, 0.15) is 7.57 Å². The van der Waals surface area contributed by atoms with Gasteiger partial charge in [-0.3, -0.25) is 0 Å². The fourth-order valence-electron chi connectivity index (χ4n) is 1.45. The van der Waals surface area contributed by atoms with Gasteiger partial charge in [0.05, 0.1) is 0 Å². The Morgan fingerprint density at radius 1 is 0.733 bits per heavy atom. The Kier molecular flexibility index (Phi) is 3.09. The van der Waals surface area contributed by atoms with Crippen LogP contribution in [-0.4, -0.2) is 7.57 Å². The Morgan fingerprint density at radius 2 is 1.07 bits per heavy atom. The van der Waals surface area contributed by atoms with Crippen LogP contribution < -0.4 is 10.6 Å². The monoisotopic (exact) mass is 228 g/mol. The Hall–Kier alpha value is -0.845. The summed E-state index contributed by atoms with van der Waals surface area (Å²) in [6, 6.07) is 19.9. The van der Waals surface area contributed by atoms with Gasteiger partial charge in [0, 0.05) is 0 Å². The molecule has 15 heavy (non-hydrogen) atoms. The summed E-state index contributed by atoms with van der Waals surface area (Å²) in [4.78, 5) is 0. The molecule has 0 aliphatic rings. The highest BCUT2D eigenvalue weighted by Crippen LogP contribution is 2.37. The minimum absolute atomic E-state index is 1.06. The van der Waals surface area contributed by atoms with Crippen molar-refractivity contribution < 1.29 is 0 Å². The first-order valence-corrected chi connectivity index (χ1v) is 7.58. The highest BCUT2D eigenvalue weighted by Gasteiger charge is 2.14. The van der Waals surface area contributed by atoms with Gasteiger partial charge in [-0.05, 0) is 16.5 Å². The van der Waals surface area contributed by atoms with E-state index in [1.807, 2.05) is 60.7 Å². The first-order valence-electron chi connectivity index (χ1n) is 4.71. The van der Waals surface area contributed by atoms with E-state index in [0.29, 0.717) is 0 Å². The zero-order chi connectivity index (χ0) is 10.7. The largest absolute Gasteiger partial charge is 0.136 e. The first-order chi connectivity index (χ1) is 7.21. The van der Waals surface area contributed by atoms with Crippen molar-refractivity contribution >= 4 is 35.9 Å². The molecule has 2 aromatic rings. The second-order valence-corrected chi connectivity index (χ2v) is 7.41. The van der Waals surface area contributed by atoms with Crippen molar-refractivity contribution in [3.63, 3.8) is 0 Å². The van der Waals surface area contributed by atoms with Gasteiger partial charge in [-0.25, -0.2) is 0 Å². The van der Waals surface area contributed by atoms with Gasteiger partial charge < -0.3 is 0 Å². The molecule has 0 nitrogen and oxygen atoms in total. The van der Waals surface area contributed by atoms with Crippen LogP contribution in [0.15, 0.2) is 60.7 Å². The lowest BCUT2D eigenvalue weighted by molar-refractivity contribution is 1.76. The fraction of sp³-hybridized carbons (Fsp3) is 0. The molecule has 3 heteroatoms. The van der Waals surface area contributed by atoms with Crippen LogP contribution in [0, 0.1) is 0 Å². The molecule has 0 atom stereocenters. The van der Waals surface area contributed by atoms with Crippen LogP contribution in [0.25, 0.3) is 0 Å². The van der Waals surface area contributed by atoms with E-state index >= 15 is 0 Å². The van der Waals surface area contributed by atoms with Crippen LogP contribution in [0.1, 0.15) is 0 Å². The third-order valence-electron chi connectivity index (χ3n) is 2.28. The van der Waals surface area contributed by atoms with E-state index in [4.69, 9.17) is 19.4 Å². The highest BCUT2D eigenvalue weighted by molar-refractivity contribution is 8.33. The summed E-state index contributed by atoms with van der Waals surface area (Å²) in [7, 11) is 6.29. The second-order valence-electron chi connectivity index (χ2n) is 3.33. The average molecular weight is 228 g/mol. The SMILES string of the molecule is [B]P(=S)(c1ccccc1)c1ccccc1.